The van der Waals surface area contributed by atoms with Gasteiger partial charge in [0.15, 0.2) is 0 Å². The van der Waals surface area contributed by atoms with Gasteiger partial charge in [-0.25, -0.2) is 0 Å². The van der Waals surface area contributed by atoms with Gasteiger partial charge in [0, 0.05) is 5.41 Å². The van der Waals surface area contributed by atoms with Crippen molar-refractivity contribution in [1.82, 2.24) is 0 Å². The van der Waals surface area contributed by atoms with E-state index in [-0.39, 0.29) is 0 Å². The van der Waals surface area contributed by atoms with E-state index in [1.165, 1.54) is 19.6 Å². The lowest BCUT2D eigenvalue weighted by atomic mass is 9.58. The zero-order valence-corrected chi connectivity index (χ0v) is 11.6. The number of rotatable bonds is 2. The van der Waals surface area contributed by atoms with E-state index in [1.807, 2.05) is 4.90 Å². The van der Waals surface area contributed by atoms with Crippen molar-refractivity contribution in [2.24, 2.45) is 23.2 Å². The first kappa shape index (κ1) is 11.7. The first-order valence-corrected chi connectivity index (χ1v) is 8.23. The quantitative estimate of drug-likeness (QED) is 0.784. The second-order valence-electron chi connectivity index (χ2n) is 7.80. The van der Waals surface area contributed by atoms with Gasteiger partial charge in [-0.05, 0) is 49.9 Å². The Hall–Kier alpha value is -0.0800. The lowest BCUT2D eigenvalue weighted by Crippen LogP contribution is -3.15. The molecule has 0 aromatic heterocycles. The van der Waals surface area contributed by atoms with Crippen LogP contribution in [0.25, 0.3) is 0 Å². The summed E-state index contributed by atoms with van der Waals surface area (Å²) in [6, 6.07) is 0. The van der Waals surface area contributed by atoms with E-state index in [9.17, 15) is 0 Å². The predicted molar refractivity (Wildman–Crippen MR) is 71.6 cm³/mol. The number of hydrogen-bond acceptors (Lipinski definition) is 1. The Morgan fingerprint density at radius 1 is 0.889 bits per heavy atom. The van der Waals surface area contributed by atoms with E-state index in [0.29, 0.717) is 0 Å². The SMILES string of the molecule is C1C[NH+](CC23CC4CCC(CC(C4)C2)C3)CCO1. The number of hydrogen-bond donors (Lipinski definition) is 1. The molecule has 0 spiro atoms. The van der Waals surface area contributed by atoms with Crippen molar-refractivity contribution in [2.75, 3.05) is 32.8 Å². The van der Waals surface area contributed by atoms with Crippen LogP contribution >= 0.6 is 0 Å². The molecule has 1 saturated heterocycles. The summed E-state index contributed by atoms with van der Waals surface area (Å²) in [6.45, 7) is 6.01. The van der Waals surface area contributed by atoms with Crippen LogP contribution in [-0.4, -0.2) is 32.8 Å². The molecule has 2 heteroatoms. The summed E-state index contributed by atoms with van der Waals surface area (Å²) >= 11 is 0. The molecule has 0 amide bonds. The number of nitrogens with one attached hydrogen (secondary N) is 1. The molecule has 4 bridgehead atoms. The maximum absolute atomic E-state index is 5.52. The van der Waals surface area contributed by atoms with Crippen molar-refractivity contribution >= 4 is 0 Å². The molecule has 5 aliphatic rings. The molecule has 0 radical (unpaired) electrons. The molecule has 4 aliphatic carbocycles. The summed E-state index contributed by atoms with van der Waals surface area (Å²) in [7, 11) is 0. The first-order chi connectivity index (χ1) is 8.81. The van der Waals surface area contributed by atoms with Gasteiger partial charge in [0.25, 0.3) is 0 Å². The van der Waals surface area contributed by atoms with E-state index < -0.39 is 0 Å². The normalized spacial score (nSPS) is 48.3. The van der Waals surface area contributed by atoms with E-state index in [4.69, 9.17) is 4.74 Å². The number of morpholine rings is 1. The van der Waals surface area contributed by atoms with Crippen molar-refractivity contribution in [3.8, 4) is 0 Å². The maximum atomic E-state index is 5.52. The van der Waals surface area contributed by atoms with Gasteiger partial charge in [0.05, 0.1) is 19.8 Å². The van der Waals surface area contributed by atoms with Crippen LogP contribution in [0.5, 0.6) is 0 Å². The molecular formula is C16H28NO+. The molecule has 5 fully saturated rings. The summed E-state index contributed by atoms with van der Waals surface area (Å²) in [5, 5.41) is 0. The number of ether oxygens (including phenoxy) is 1. The minimum atomic E-state index is 0.750. The zero-order chi connectivity index (χ0) is 12.0. The van der Waals surface area contributed by atoms with Gasteiger partial charge in [0.1, 0.15) is 13.1 Å². The molecule has 102 valence electrons. The van der Waals surface area contributed by atoms with Gasteiger partial charge in [0.2, 0.25) is 0 Å². The van der Waals surface area contributed by atoms with Gasteiger partial charge < -0.3 is 9.64 Å². The van der Waals surface area contributed by atoms with Crippen LogP contribution in [0.1, 0.15) is 44.9 Å². The summed E-state index contributed by atoms with van der Waals surface area (Å²) in [6.07, 6.45) is 11.0. The summed E-state index contributed by atoms with van der Waals surface area (Å²) in [5.41, 5.74) is 0.750. The maximum Gasteiger partial charge on any atom is 0.101 e. The molecule has 0 aromatic carbocycles. The minimum Gasteiger partial charge on any atom is -0.370 e. The van der Waals surface area contributed by atoms with E-state index in [1.54, 1.807) is 44.9 Å². The predicted octanol–water partition coefficient (Wildman–Crippen LogP) is 1.51. The monoisotopic (exact) mass is 250 g/mol. The Balaban J connectivity index is 1.51. The second-order valence-corrected chi connectivity index (χ2v) is 7.80. The largest absolute Gasteiger partial charge is 0.370 e. The topological polar surface area (TPSA) is 13.7 Å². The first-order valence-electron chi connectivity index (χ1n) is 8.23. The van der Waals surface area contributed by atoms with Crippen molar-refractivity contribution in [3.63, 3.8) is 0 Å². The fraction of sp³-hybridized carbons (Fsp3) is 1.00. The van der Waals surface area contributed by atoms with E-state index in [2.05, 4.69) is 0 Å². The highest BCUT2D eigenvalue weighted by Crippen LogP contribution is 2.57. The Labute approximate surface area is 111 Å². The average Bonchev–Trinajstić information content (AvgIpc) is 2.56. The zero-order valence-electron chi connectivity index (χ0n) is 11.6. The van der Waals surface area contributed by atoms with E-state index in [0.717, 1.165) is 36.4 Å². The summed E-state index contributed by atoms with van der Waals surface area (Å²) < 4.78 is 5.52. The van der Waals surface area contributed by atoms with Gasteiger partial charge >= 0.3 is 0 Å². The van der Waals surface area contributed by atoms with Crippen molar-refractivity contribution in [1.29, 1.82) is 0 Å². The van der Waals surface area contributed by atoms with Crippen LogP contribution in [-0.2, 0) is 4.74 Å². The van der Waals surface area contributed by atoms with E-state index >= 15 is 0 Å². The lowest BCUT2D eigenvalue weighted by Gasteiger charge is -2.49. The lowest BCUT2D eigenvalue weighted by molar-refractivity contribution is -0.915. The van der Waals surface area contributed by atoms with Crippen LogP contribution in [0, 0.1) is 23.2 Å². The highest BCUT2D eigenvalue weighted by atomic mass is 16.5. The second kappa shape index (κ2) is 4.49. The van der Waals surface area contributed by atoms with Gasteiger partial charge in [-0.3, -0.25) is 0 Å². The van der Waals surface area contributed by atoms with Gasteiger partial charge in [-0.15, -0.1) is 0 Å². The van der Waals surface area contributed by atoms with Crippen molar-refractivity contribution in [3.05, 3.63) is 0 Å². The third-order valence-corrected chi connectivity index (χ3v) is 6.31. The number of quaternary nitrogens is 1. The smallest absolute Gasteiger partial charge is 0.101 e. The minimum absolute atomic E-state index is 0.750. The fourth-order valence-electron chi connectivity index (χ4n) is 5.95. The molecule has 1 heterocycles. The van der Waals surface area contributed by atoms with Crippen molar-refractivity contribution in [2.45, 2.75) is 44.9 Å². The summed E-state index contributed by atoms with van der Waals surface area (Å²) in [4.78, 5) is 1.85. The molecule has 2 nitrogen and oxygen atoms in total. The Morgan fingerprint density at radius 2 is 1.50 bits per heavy atom. The van der Waals surface area contributed by atoms with Gasteiger partial charge in [-0.1, -0.05) is 12.8 Å². The van der Waals surface area contributed by atoms with Crippen LogP contribution in [0.2, 0.25) is 0 Å². The van der Waals surface area contributed by atoms with Crippen LogP contribution in [0.15, 0.2) is 0 Å². The highest BCUT2D eigenvalue weighted by molar-refractivity contribution is 4.98. The van der Waals surface area contributed by atoms with Crippen LogP contribution in [0.3, 0.4) is 0 Å². The average molecular weight is 250 g/mol. The molecule has 5 rings (SSSR count). The molecule has 1 N–H and O–H groups in total. The van der Waals surface area contributed by atoms with Crippen molar-refractivity contribution < 1.29 is 9.64 Å². The van der Waals surface area contributed by atoms with Gasteiger partial charge in [-0.2, -0.15) is 0 Å². The highest BCUT2D eigenvalue weighted by Gasteiger charge is 2.50. The Bertz CT molecular complexity index is 294. The number of fused-ring (bicyclic) bond motifs is 1. The summed E-state index contributed by atoms with van der Waals surface area (Å²) in [5.74, 6) is 3.29. The fourth-order valence-corrected chi connectivity index (χ4v) is 5.95. The molecule has 0 aromatic rings. The third-order valence-electron chi connectivity index (χ3n) is 6.31. The van der Waals surface area contributed by atoms with Crippen LogP contribution in [0.4, 0.5) is 0 Å². The Morgan fingerprint density at radius 3 is 2.17 bits per heavy atom. The molecule has 2 atom stereocenters. The standard InChI is InChI=1S/C16H27NO/c1-2-14-8-15-7-13(1)9-16(10-14,11-15)12-17-3-5-18-6-4-17/h13-15H,1-12H2/p+1. The van der Waals surface area contributed by atoms with Crippen LogP contribution < -0.4 is 4.90 Å². The molecule has 4 saturated carbocycles. The molecular weight excluding hydrogens is 222 g/mol. The molecule has 1 aliphatic heterocycles. The molecule has 2 unspecified atom stereocenters. The molecule has 18 heavy (non-hydrogen) atoms. The Kier molecular flexibility index (Phi) is 2.92. The third kappa shape index (κ3) is 2.12.